The number of Topliss-reactive ketones (excluding diaryl/α,β-unsaturated/α-hetero) is 1. The number of ketones is 1. The second-order valence-electron chi connectivity index (χ2n) is 18.3. The van der Waals surface area contributed by atoms with Gasteiger partial charge >= 0.3 is 17.3 Å². The molecule has 4 aromatic rings. The normalized spacial score (nSPS) is 30.8. The number of aliphatic hydroxyl groups excluding tert-OH is 5. The number of carbonyl (C=O) groups is 3. The minimum atomic E-state index is -2.19. The van der Waals surface area contributed by atoms with Crippen molar-refractivity contribution < 1.29 is 78.9 Å². The lowest BCUT2D eigenvalue weighted by Crippen LogP contribution is -2.46. The van der Waals surface area contributed by atoms with Crippen molar-refractivity contribution in [3.63, 3.8) is 0 Å². The number of phenols is 3. The zero-order valence-corrected chi connectivity index (χ0v) is 40.2. The molecule has 382 valence electrons. The fourth-order valence-corrected chi connectivity index (χ4v) is 9.27. The second-order valence-corrected chi connectivity index (χ2v) is 18.3. The van der Waals surface area contributed by atoms with Gasteiger partial charge in [-0.3, -0.25) is 23.7 Å². The Morgan fingerprint density at radius 3 is 2.27 bits per heavy atom. The van der Waals surface area contributed by atoms with E-state index in [0.29, 0.717) is 4.68 Å². The van der Waals surface area contributed by atoms with E-state index in [1.807, 2.05) is 0 Å². The highest BCUT2D eigenvalue weighted by molar-refractivity contribution is 6.24. The van der Waals surface area contributed by atoms with Crippen molar-refractivity contribution in [1.82, 2.24) is 19.2 Å². The molecule has 1 amide bonds. The van der Waals surface area contributed by atoms with Gasteiger partial charge in [-0.1, -0.05) is 45.9 Å². The summed E-state index contributed by atoms with van der Waals surface area (Å²) in [5.41, 5.74) is -2.67. The third-order valence-electron chi connectivity index (χ3n) is 13.6. The molecule has 71 heavy (non-hydrogen) atoms. The van der Waals surface area contributed by atoms with Crippen molar-refractivity contribution in [2.45, 2.75) is 110 Å². The fraction of sp³-hybridized carbons (Fsp3) is 0.479. The molecule has 2 aromatic heterocycles. The highest BCUT2D eigenvalue weighted by Crippen LogP contribution is 2.55. The Hall–Kier alpha value is -6.73. The number of benzene rings is 2. The van der Waals surface area contributed by atoms with Crippen LogP contribution in [-0.4, -0.2) is 146 Å². The van der Waals surface area contributed by atoms with Crippen molar-refractivity contribution in [3.05, 3.63) is 75.8 Å². The number of hydrogen-bond donors (Lipinski definition) is 9. The molecule has 5 bridgehead atoms. The molecule has 0 saturated carbocycles. The summed E-state index contributed by atoms with van der Waals surface area (Å²) in [6, 6.07) is 0. The Morgan fingerprint density at radius 1 is 0.915 bits per heavy atom. The summed E-state index contributed by atoms with van der Waals surface area (Å²) in [5, 5.41) is 95.3. The van der Waals surface area contributed by atoms with Crippen molar-refractivity contribution in [3.8, 4) is 23.0 Å². The van der Waals surface area contributed by atoms with Crippen LogP contribution in [0, 0.1) is 30.6 Å². The van der Waals surface area contributed by atoms with E-state index in [1.54, 1.807) is 33.8 Å². The summed E-state index contributed by atoms with van der Waals surface area (Å²) in [7, 11) is 1.39. The van der Waals surface area contributed by atoms with Crippen molar-refractivity contribution in [2.24, 2.45) is 28.8 Å². The smallest absolute Gasteiger partial charge is 0.312 e. The van der Waals surface area contributed by atoms with Crippen LogP contribution in [0.5, 0.6) is 23.0 Å². The molecule has 4 aliphatic rings. The van der Waals surface area contributed by atoms with Crippen LogP contribution in [0.3, 0.4) is 0 Å². The molecule has 13 atom stereocenters. The zero-order chi connectivity index (χ0) is 52.1. The van der Waals surface area contributed by atoms with E-state index < -0.39 is 148 Å². The van der Waals surface area contributed by atoms with Gasteiger partial charge in [-0.05, 0) is 19.9 Å². The quantitative estimate of drug-likeness (QED) is 0.0578. The lowest BCUT2D eigenvalue weighted by atomic mass is 9.78. The number of aromatic nitrogens is 4. The summed E-state index contributed by atoms with van der Waals surface area (Å²) in [5.74, 6) is -9.90. The molecule has 8 rings (SSSR count). The zero-order valence-electron chi connectivity index (χ0n) is 40.2. The number of nitrogens with one attached hydrogen (secondary N) is 1. The van der Waals surface area contributed by atoms with Crippen molar-refractivity contribution in [2.75, 3.05) is 19.0 Å². The Morgan fingerprint density at radius 2 is 1.62 bits per heavy atom. The molecule has 0 spiro atoms. The number of ether oxygens (including phenoxy) is 5. The maximum Gasteiger partial charge on any atom is 0.312 e. The number of aliphatic hydroxyl groups is 5. The van der Waals surface area contributed by atoms with Gasteiger partial charge < -0.3 is 69.9 Å². The van der Waals surface area contributed by atoms with E-state index in [9.17, 15) is 60.0 Å². The SMILES string of the molecule is COC1C=COC2(C)Oc3c(C)c(O)c4c(O)c(c(/C=N/n5cnc6c(ncn6C6OC(CO)C(O)C6O)c5=O)c(O)c4c3C2=O)NC(=O)C(C)=CC=CC(C)C(O)C(C)C(O)C(C)C(OC(C)=O)C1C. The first-order valence-electron chi connectivity index (χ1n) is 22.7. The van der Waals surface area contributed by atoms with Crippen LogP contribution in [0.2, 0.25) is 0 Å². The number of allylic oxidation sites excluding steroid dienone is 2. The molecule has 4 aliphatic heterocycles. The van der Waals surface area contributed by atoms with Crippen LogP contribution in [0.25, 0.3) is 21.9 Å². The summed E-state index contributed by atoms with van der Waals surface area (Å²) in [6.45, 7) is 11.4. The molecule has 23 nitrogen and oxygen atoms in total. The Labute approximate surface area is 405 Å². The number of nitrogens with zero attached hydrogens (tertiary/aromatic N) is 5. The van der Waals surface area contributed by atoms with Gasteiger partial charge in [-0.2, -0.15) is 9.78 Å². The van der Waals surface area contributed by atoms with Crippen LogP contribution in [0.15, 0.2) is 58.7 Å². The monoisotopic (exact) mass is 990 g/mol. The molecule has 23 heteroatoms. The Bertz CT molecular complexity index is 2940. The average Bonchev–Trinajstić information content (AvgIpc) is 3.98. The minimum Gasteiger partial charge on any atom is -0.507 e. The number of fused-ring (bicyclic) bond motifs is 15. The molecule has 1 saturated heterocycles. The number of rotatable bonds is 6. The molecule has 6 heterocycles. The van der Waals surface area contributed by atoms with E-state index in [2.05, 4.69) is 20.4 Å². The van der Waals surface area contributed by atoms with E-state index in [1.165, 1.54) is 57.6 Å². The van der Waals surface area contributed by atoms with Crippen LogP contribution >= 0.6 is 0 Å². The molecule has 0 aliphatic carbocycles. The Kier molecular flexibility index (Phi) is 14.8. The van der Waals surface area contributed by atoms with Gasteiger partial charge in [0.05, 0.1) is 65.9 Å². The number of aromatic hydroxyl groups is 3. The van der Waals surface area contributed by atoms with Gasteiger partial charge in [0.25, 0.3) is 11.7 Å². The molecule has 13 unspecified atom stereocenters. The molecular weight excluding hydrogens is 933 g/mol. The number of esters is 1. The largest absolute Gasteiger partial charge is 0.507 e. The predicted octanol–water partition coefficient (Wildman–Crippen LogP) is 2.15. The van der Waals surface area contributed by atoms with Crippen LogP contribution in [-0.2, 0) is 28.5 Å². The highest BCUT2D eigenvalue weighted by atomic mass is 16.7. The van der Waals surface area contributed by atoms with Crippen LogP contribution in [0.1, 0.15) is 76.2 Å². The second kappa shape index (κ2) is 20.2. The maximum absolute atomic E-state index is 14.6. The molecule has 1 fully saturated rings. The topological polar surface area (TPSA) is 336 Å². The first-order chi connectivity index (χ1) is 33.5. The lowest BCUT2D eigenvalue weighted by Gasteiger charge is -2.38. The number of methoxy groups -OCH3 is 1. The Balaban J connectivity index is 1.38. The number of phenolic OH excluding ortho intramolecular Hbond substituents is 3. The predicted molar refractivity (Wildman–Crippen MR) is 252 cm³/mol. The summed E-state index contributed by atoms with van der Waals surface area (Å²) >= 11 is 0. The maximum atomic E-state index is 14.6. The molecular formula is C48H58N6O17. The van der Waals surface area contributed by atoms with Crippen LogP contribution in [0.4, 0.5) is 5.69 Å². The van der Waals surface area contributed by atoms with Crippen molar-refractivity contribution >= 4 is 51.5 Å². The van der Waals surface area contributed by atoms with Gasteiger partial charge in [0.2, 0.25) is 0 Å². The standard InChI is InChI=1S/C48H58N6O17/c1-19-11-10-12-20(2)45(65)52-32-26(15-51-54-18-50-44-33(46(54)66)49-17-53(44)47-40(63)38(61)28(16-55)70-47)37(60)29-30(39(32)62)36(59)24(6)42-31(29)43(64)48(8,71-42)68-14-13-27(67-9)21(3)41(69-25(7)56)23(5)35(58)22(4)34(19)57/h10-15,17-19,21-23,27-28,34-35,38,40-41,47,55,57-63H,16H2,1-9H3,(H,52,65)/b11-10?,14-13?,20-12?,51-15+. The molecule has 9 N–H and O–H groups in total. The number of anilines is 1. The fourth-order valence-electron chi connectivity index (χ4n) is 9.27. The number of imidazole rings is 1. The van der Waals surface area contributed by atoms with Gasteiger partial charge in [0.1, 0.15) is 48.0 Å². The van der Waals surface area contributed by atoms with E-state index >= 15 is 0 Å². The van der Waals surface area contributed by atoms with Crippen molar-refractivity contribution in [1.29, 1.82) is 0 Å². The van der Waals surface area contributed by atoms with E-state index in [4.69, 9.17) is 23.7 Å². The summed E-state index contributed by atoms with van der Waals surface area (Å²) in [4.78, 5) is 63.1. The lowest BCUT2D eigenvalue weighted by molar-refractivity contribution is -0.160. The van der Waals surface area contributed by atoms with E-state index in [-0.39, 0.29) is 33.6 Å². The summed E-state index contributed by atoms with van der Waals surface area (Å²) in [6.07, 6.45) is 0.425. The van der Waals surface area contributed by atoms with Crippen LogP contribution < -0.4 is 15.6 Å². The number of carbonyl (C=O) groups excluding carboxylic acids is 3. The summed E-state index contributed by atoms with van der Waals surface area (Å²) < 4.78 is 31.0. The first-order valence-corrected chi connectivity index (χ1v) is 22.7. The molecule has 2 aromatic carbocycles. The number of amides is 1. The van der Waals surface area contributed by atoms with Gasteiger partial charge in [-0.25, -0.2) is 9.97 Å². The van der Waals surface area contributed by atoms with E-state index in [0.717, 1.165) is 25.1 Å². The van der Waals surface area contributed by atoms with Gasteiger partial charge in [-0.15, -0.1) is 0 Å². The van der Waals surface area contributed by atoms with Gasteiger partial charge in [0.15, 0.2) is 23.1 Å². The third kappa shape index (κ3) is 9.25. The number of hydrogen-bond acceptors (Lipinski definition) is 20. The first kappa shape index (κ1) is 52.1. The highest BCUT2D eigenvalue weighted by Gasteiger charge is 2.50. The molecule has 0 radical (unpaired) electrons. The average molecular weight is 991 g/mol. The minimum absolute atomic E-state index is 0.0291. The third-order valence-corrected chi connectivity index (χ3v) is 13.6. The van der Waals surface area contributed by atoms with Gasteiger partial charge in [0, 0.05) is 61.2 Å².